The first kappa shape index (κ1) is 20.0. The number of fused-ring (bicyclic) bond motifs is 1. The second-order valence-electron chi connectivity index (χ2n) is 8.50. The van der Waals surface area contributed by atoms with E-state index in [1.807, 2.05) is 24.3 Å². The summed E-state index contributed by atoms with van der Waals surface area (Å²) in [5, 5.41) is 17.4. The Morgan fingerprint density at radius 1 is 1.27 bits per heavy atom. The Bertz CT molecular complexity index is 1090. The molecule has 8 heteroatoms. The minimum atomic E-state index is -0.546. The molecule has 0 saturated heterocycles. The summed E-state index contributed by atoms with van der Waals surface area (Å²) in [6, 6.07) is 8.88. The number of aromatic nitrogens is 3. The number of aromatic amines is 1. The molecule has 0 amide bonds. The van der Waals surface area contributed by atoms with Gasteiger partial charge in [0, 0.05) is 36.5 Å². The van der Waals surface area contributed by atoms with Gasteiger partial charge in [-0.3, -0.25) is 5.10 Å². The summed E-state index contributed by atoms with van der Waals surface area (Å²) < 4.78 is 14.3. The molecule has 156 valence electrons. The predicted octanol–water partition coefficient (Wildman–Crippen LogP) is 5.44. The van der Waals surface area contributed by atoms with Gasteiger partial charge < -0.3 is 10.6 Å². The fraction of sp³-hybridized carbons (Fsp3) is 0.364. The van der Waals surface area contributed by atoms with Crippen LogP contribution in [0.3, 0.4) is 0 Å². The van der Waals surface area contributed by atoms with Gasteiger partial charge in [0.2, 0.25) is 5.95 Å². The minimum Gasteiger partial charge on any atom is -0.386 e. The molecular weight excluding hydrogens is 381 g/mol. The molecule has 1 aliphatic rings. The molecular formula is C22H26FN7. The highest BCUT2D eigenvalue weighted by molar-refractivity contribution is 5.68. The summed E-state index contributed by atoms with van der Waals surface area (Å²) in [5.74, 6) is -0.102. The maximum Gasteiger partial charge on any atom is 0.215 e. The molecule has 0 bridgehead atoms. The molecule has 0 saturated carbocycles. The van der Waals surface area contributed by atoms with E-state index in [2.05, 4.69) is 44.8 Å². The molecule has 1 aromatic carbocycles. The molecule has 30 heavy (non-hydrogen) atoms. The summed E-state index contributed by atoms with van der Waals surface area (Å²) in [6.07, 6.45) is 2.95. The molecule has 4 rings (SSSR count). The van der Waals surface area contributed by atoms with Crippen molar-refractivity contribution in [2.24, 2.45) is 10.5 Å². The first-order chi connectivity index (χ1) is 14.4. The first-order valence-corrected chi connectivity index (χ1v) is 10.0. The third kappa shape index (κ3) is 4.03. The van der Waals surface area contributed by atoms with Gasteiger partial charge in [0.15, 0.2) is 0 Å². The van der Waals surface area contributed by atoms with Crippen molar-refractivity contribution in [3.05, 3.63) is 53.1 Å². The number of rotatable bonds is 6. The number of hydrogen-bond acceptors (Lipinski definition) is 6. The third-order valence-corrected chi connectivity index (χ3v) is 5.65. The molecule has 0 radical (unpaired) electrons. The minimum absolute atomic E-state index is 0.250. The lowest BCUT2D eigenvalue weighted by Crippen LogP contribution is -2.21. The van der Waals surface area contributed by atoms with Crippen molar-refractivity contribution in [3.63, 3.8) is 0 Å². The second-order valence-corrected chi connectivity index (χ2v) is 8.50. The van der Waals surface area contributed by atoms with Gasteiger partial charge in [0.25, 0.3) is 0 Å². The van der Waals surface area contributed by atoms with Crippen LogP contribution < -0.4 is 10.6 Å². The quantitative estimate of drug-likeness (QED) is 0.323. The summed E-state index contributed by atoms with van der Waals surface area (Å²) in [7, 11) is 1.79. The largest absolute Gasteiger partial charge is 0.386 e. The van der Waals surface area contributed by atoms with E-state index in [0.29, 0.717) is 18.1 Å². The maximum atomic E-state index is 14.3. The standard InChI is InChI=1S/C22H26FN7/c1-22(2)7-6-15-18(11-22)29-30-21(15)14-9-19(23)27-20(10-14)26-12-13-4-5-16(25-3)17(8-13)28-24/h4-5,8-10,24-25H,6-7,11-12H2,1-3H3,(H,26,27)(H,29,30). The monoisotopic (exact) mass is 407 g/mol. The van der Waals surface area contributed by atoms with Gasteiger partial charge in [-0.25, -0.2) is 10.5 Å². The Morgan fingerprint density at radius 3 is 2.87 bits per heavy atom. The normalized spacial score (nSPS) is 14.8. The van der Waals surface area contributed by atoms with E-state index in [9.17, 15) is 4.39 Å². The average molecular weight is 407 g/mol. The average Bonchev–Trinajstić information content (AvgIpc) is 3.13. The summed E-state index contributed by atoms with van der Waals surface area (Å²) >= 11 is 0. The van der Waals surface area contributed by atoms with Crippen molar-refractivity contribution >= 4 is 17.2 Å². The van der Waals surface area contributed by atoms with E-state index in [1.54, 1.807) is 7.05 Å². The van der Waals surface area contributed by atoms with E-state index in [4.69, 9.17) is 5.53 Å². The van der Waals surface area contributed by atoms with Gasteiger partial charge in [0.1, 0.15) is 11.5 Å². The van der Waals surface area contributed by atoms with E-state index in [1.165, 1.54) is 11.6 Å². The highest BCUT2D eigenvalue weighted by atomic mass is 19.1. The Morgan fingerprint density at radius 2 is 2.10 bits per heavy atom. The topological polar surface area (TPSA) is 102 Å². The number of halogens is 1. The summed E-state index contributed by atoms with van der Waals surface area (Å²) in [5.41, 5.74) is 13.7. The molecule has 0 aliphatic heterocycles. The molecule has 0 fully saturated rings. The van der Waals surface area contributed by atoms with Crippen LogP contribution in [0.4, 0.5) is 21.6 Å². The van der Waals surface area contributed by atoms with Crippen LogP contribution in [0.25, 0.3) is 11.3 Å². The van der Waals surface area contributed by atoms with Crippen molar-refractivity contribution in [2.75, 3.05) is 17.7 Å². The molecule has 3 aromatic rings. The van der Waals surface area contributed by atoms with Gasteiger partial charge in [-0.2, -0.15) is 14.6 Å². The summed E-state index contributed by atoms with van der Waals surface area (Å²) in [4.78, 5) is 3.98. The van der Waals surface area contributed by atoms with Crippen LogP contribution in [0, 0.1) is 16.9 Å². The fourth-order valence-corrected chi connectivity index (χ4v) is 3.99. The smallest absolute Gasteiger partial charge is 0.215 e. The molecule has 0 atom stereocenters. The Hall–Kier alpha value is -3.29. The van der Waals surface area contributed by atoms with Crippen molar-refractivity contribution in [1.29, 1.82) is 5.53 Å². The van der Waals surface area contributed by atoms with Crippen LogP contribution in [-0.2, 0) is 19.4 Å². The van der Waals surface area contributed by atoms with Crippen molar-refractivity contribution in [2.45, 2.75) is 39.7 Å². The molecule has 2 aromatic heterocycles. The molecule has 7 nitrogen and oxygen atoms in total. The van der Waals surface area contributed by atoms with Crippen molar-refractivity contribution in [1.82, 2.24) is 15.2 Å². The molecule has 0 unspecified atom stereocenters. The number of benzene rings is 1. The highest BCUT2D eigenvalue weighted by Crippen LogP contribution is 2.38. The number of hydrogen-bond donors (Lipinski definition) is 4. The molecule has 2 heterocycles. The van der Waals surface area contributed by atoms with Crippen LogP contribution in [0.2, 0.25) is 0 Å². The number of H-pyrrole nitrogens is 1. The van der Waals surface area contributed by atoms with E-state index in [-0.39, 0.29) is 5.41 Å². The summed E-state index contributed by atoms with van der Waals surface area (Å²) in [6.45, 7) is 4.95. The zero-order valence-corrected chi connectivity index (χ0v) is 17.4. The zero-order valence-electron chi connectivity index (χ0n) is 17.4. The highest BCUT2D eigenvalue weighted by Gasteiger charge is 2.29. The zero-order chi connectivity index (χ0) is 21.3. The number of pyridine rings is 1. The van der Waals surface area contributed by atoms with Gasteiger partial charge in [-0.1, -0.05) is 19.9 Å². The van der Waals surface area contributed by atoms with Crippen LogP contribution >= 0.6 is 0 Å². The van der Waals surface area contributed by atoms with Crippen LogP contribution in [-0.4, -0.2) is 22.2 Å². The van der Waals surface area contributed by atoms with E-state index >= 15 is 0 Å². The fourth-order valence-electron chi connectivity index (χ4n) is 3.99. The lowest BCUT2D eigenvalue weighted by Gasteiger charge is -2.29. The number of anilines is 2. The van der Waals surface area contributed by atoms with E-state index < -0.39 is 5.95 Å². The lowest BCUT2D eigenvalue weighted by atomic mass is 9.76. The van der Waals surface area contributed by atoms with Crippen molar-refractivity contribution < 1.29 is 4.39 Å². The molecule has 1 aliphatic carbocycles. The number of nitrogens with zero attached hydrogens (tertiary/aromatic N) is 3. The molecule has 4 N–H and O–H groups in total. The Kier molecular flexibility index (Phi) is 5.24. The predicted molar refractivity (Wildman–Crippen MR) is 116 cm³/mol. The third-order valence-electron chi connectivity index (χ3n) is 5.65. The van der Waals surface area contributed by atoms with Gasteiger partial charge >= 0.3 is 0 Å². The number of nitrogens with one attached hydrogen (secondary N) is 4. The second kappa shape index (κ2) is 7.85. The maximum absolute atomic E-state index is 14.3. The Labute approximate surface area is 175 Å². The molecule has 0 spiro atoms. The SMILES string of the molecule is CNc1ccc(CNc2cc(-c3n[nH]c4c3CCC(C)(C)C4)cc(F)n2)cc1N=N. The van der Waals surface area contributed by atoms with Gasteiger partial charge in [-0.05, 0) is 48.4 Å². The Balaban J connectivity index is 1.56. The van der Waals surface area contributed by atoms with Crippen molar-refractivity contribution in [3.8, 4) is 11.3 Å². The van der Waals surface area contributed by atoms with Gasteiger partial charge in [-0.15, -0.1) is 0 Å². The first-order valence-electron chi connectivity index (χ1n) is 10.0. The van der Waals surface area contributed by atoms with Gasteiger partial charge in [0.05, 0.1) is 11.4 Å². The van der Waals surface area contributed by atoms with Crippen LogP contribution in [0.5, 0.6) is 0 Å². The van der Waals surface area contributed by atoms with Crippen LogP contribution in [0.15, 0.2) is 35.4 Å². The van der Waals surface area contributed by atoms with E-state index in [0.717, 1.165) is 47.5 Å². The lowest BCUT2D eigenvalue weighted by molar-refractivity contribution is 0.312. The van der Waals surface area contributed by atoms with Crippen LogP contribution in [0.1, 0.15) is 37.1 Å².